The molecule has 162 valence electrons. The zero-order chi connectivity index (χ0) is 20.8. The van der Waals surface area contributed by atoms with Crippen LogP contribution in [0.15, 0.2) is 11.6 Å². The van der Waals surface area contributed by atoms with Crippen LogP contribution < -0.4 is 0 Å². The Bertz CT molecular complexity index is 756. The second-order valence-corrected chi connectivity index (χ2v) is 12.2. The minimum atomic E-state index is -1.13. The summed E-state index contributed by atoms with van der Waals surface area (Å²) in [6.07, 6.45) is 10.0. The van der Waals surface area contributed by atoms with Gasteiger partial charge in [-0.25, -0.2) is 4.79 Å². The summed E-state index contributed by atoms with van der Waals surface area (Å²) >= 11 is 0. The van der Waals surface area contributed by atoms with E-state index < -0.39 is 12.3 Å². The quantitative estimate of drug-likeness (QED) is 0.628. The first-order chi connectivity index (χ1) is 13.5. The molecule has 2 aliphatic heterocycles. The Labute approximate surface area is 175 Å². The van der Waals surface area contributed by atoms with Crippen LogP contribution in [0, 0.1) is 34.0 Å². The van der Waals surface area contributed by atoms with Crippen molar-refractivity contribution in [3.8, 4) is 0 Å². The second-order valence-electron chi connectivity index (χ2n) is 12.2. The lowest BCUT2D eigenvalue weighted by Crippen LogP contribution is -2.61. The molecule has 3 saturated carbocycles. The van der Waals surface area contributed by atoms with Gasteiger partial charge in [-0.3, -0.25) is 0 Å². The standard InChI is InChI=1S/C25H38O4/c1-22(2)9-6-10-23(3)17(22)7-11-24(4)18(23)8-12-25(5)19(24)14-16(29-25)15-13-20(26)28-21(15)27/h13,16-19,21,27H,6-12,14H2,1-5H3/t16-,17+,18-,19+,21+,23+,24-,25+/m1/s1. The topological polar surface area (TPSA) is 55.8 Å². The predicted octanol–water partition coefficient (Wildman–Crippen LogP) is 4.99. The molecule has 4 nitrogen and oxygen atoms in total. The fourth-order valence-electron chi connectivity index (χ4n) is 9.19. The molecule has 8 atom stereocenters. The Morgan fingerprint density at radius 1 is 0.931 bits per heavy atom. The maximum atomic E-state index is 11.7. The Hall–Kier alpha value is -0.870. The lowest BCUT2D eigenvalue weighted by Gasteiger charge is -2.67. The van der Waals surface area contributed by atoms with Crippen molar-refractivity contribution in [3.63, 3.8) is 0 Å². The normalized spacial score (nSPS) is 53.5. The van der Waals surface area contributed by atoms with Crippen molar-refractivity contribution in [2.24, 2.45) is 34.0 Å². The molecule has 29 heavy (non-hydrogen) atoms. The van der Waals surface area contributed by atoms with Crippen LogP contribution in [-0.2, 0) is 14.3 Å². The molecule has 1 N–H and O–H groups in total. The van der Waals surface area contributed by atoms with Crippen molar-refractivity contribution >= 4 is 5.97 Å². The van der Waals surface area contributed by atoms with Crippen LogP contribution in [-0.4, -0.2) is 29.1 Å². The molecule has 0 unspecified atom stereocenters. The molecule has 0 amide bonds. The SMILES string of the molecule is CC1(C)CCC[C@]2(C)[C@H]3CC[C@]4(C)O[C@@H](C5=CC(=O)O[C@@H]5O)C[C@H]4[C@]3(C)CC[C@@H]12. The van der Waals surface area contributed by atoms with Crippen molar-refractivity contribution in [3.05, 3.63) is 11.6 Å². The number of rotatable bonds is 1. The lowest BCUT2D eigenvalue weighted by atomic mass is 9.38. The highest BCUT2D eigenvalue weighted by atomic mass is 16.6. The van der Waals surface area contributed by atoms with Crippen LogP contribution in [0.1, 0.15) is 86.0 Å². The minimum absolute atomic E-state index is 0.171. The summed E-state index contributed by atoms with van der Waals surface area (Å²) in [7, 11) is 0. The zero-order valence-corrected chi connectivity index (χ0v) is 18.8. The van der Waals surface area contributed by atoms with Gasteiger partial charge in [0.25, 0.3) is 0 Å². The summed E-state index contributed by atoms with van der Waals surface area (Å²) in [4.78, 5) is 11.7. The zero-order valence-electron chi connectivity index (χ0n) is 18.8. The summed E-state index contributed by atoms with van der Waals surface area (Å²) in [5, 5.41) is 10.2. The maximum absolute atomic E-state index is 11.7. The van der Waals surface area contributed by atoms with Gasteiger partial charge in [0.05, 0.1) is 11.7 Å². The van der Waals surface area contributed by atoms with E-state index in [1.807, 2.05) is 0 Å². The smallest absolute Gasteiger partial charge is 0.333 e. The van der Waals surface area contributed by atoms with Crippen LogP contribution >= 0.6 is 0 Å². The molecule has 0 aromatic carbocycles. The summed E-state index contributed by atoms with van der Waals surface area (Å²) in [6, 6.07) is 0. The first-order valence-electron chi connectivity index (χ1n) is 11.8. The Morgan fingerprint density at radius 2 is 1.62 bits per heavy atom. The van der Waals surface area contributed by atoms with Crippen LogP contribution in [0.5, 0.6) is 0 Å². The van der Waals surface area contributed by atoms with Crippen LogP contribution in [0.25, 0.3) is 0 Å². The van der Waals surface area contributed by atoms with Gasteiger partial charge in [0, 0.05) is 11.6 Å². The summed E-state index contributed by atoms with van der Waals surface area (Å²) in [5.74, 6) is 1.56. The van der Waals surface area contributed by atoms with E-state index in [0.717, 1.165) is 24.7 Å². The lowest BCUT2D eigenvalue weighted by molar-refractivity contribution is -0.199. The van der Waals surface area contributed by atoms with Crippen LogP contribution in [0.2, 0.25) is 0 Å². The van der Waals surface area contributed by atoms with Crippen molar-refractivity contribution in [1.29, 1.82) is 0 Å². The van der Waals surface area contributed by atoms with Gasteiger partial charge in [-0.1, -0.05) is 34.1 Å². The number of aliphatic hydroxyl groups is 1. The average Bonchev–Trinajstić information content (AvgIpc) is 3.13. The molecule has 0 bridgehead atoms. The maximum Gasteiger partial charge on any atom is 0.333 e. The molecule has 4 heteroatoms. The summed E-state index contributed by atoms with van der Waals surface area (Å²) in [5.41, 5.74) is 1.58. The molecule has 0 aromatic heterocycles. The molecule has 2 heterocycles. The fourth-order valence-corrected chi connectivity index (χ4v) is 9.19. The number of aliphatic hydroxyl groups excluding tert-OH is 1. The third-order valence-electron chi connectivity index (χ3n) is 10.3. The molecule has 0 spiro atoms. The Morgan fingerprint density at radius 3 is 2.31 bits per heavy atom. The number of esters is 1. The molecule has 5 rings (SSSR count). The van der Waals surface area contributed by atoms with Gasteiger partial charge in [0.1, 0.15) is 0 Å². The molecular formula is C25H38O4. The first kappa shape index (κ1) is 20.1. The van der Waals surface area contributed by atoms with E-state index in [1.165, 1.54) is 44.6 Å². The van der Waals surface area contributed by atoms with Gasteiger partial charge >= 0.3 is 5.97 Å². The monoisotopic (exact) mass is 402 g/mol. The highest BCUT2D eigenvalue weighted by Gasteiger charge is 2.66. The average molecular weight is 403 g/mol. The van der Waals surface area contributed by atoms with Crippen molar-refractivity contribution in [2.45, 2.75) is 104 Å². The summed E-state index contributed by atoms with van der Waals surface area (Å²) < 4.78 is 11.6. The number of carbonyl (C=O) groups is 1. The van der Waals surface area contributed by atoms with Gasteiger partial charge in [0.2, 0.25) is 6.29 Å². The highest BCUT2D eigenvalue weighted by molar-refractivity contribution is 5.85. The third kappa shape index (κ3) is 2.67. The third-order valence-corrected chi connectivity index (χ3v) is 10.3. The molecule has 4 fully saturated rings. The molecule has 0 aromatic rings. The largest absolute Gasteiger partial charge is 0.429 e. The van der Waals surface area contributed by atoms with E-state index in [-0.39, 0.29) is 17.1 Å². The van der Waals surface area contributed by atoms with Crippen LogP contribution in [0.3, 0.4) is 0 Å². The van der Waals surface area contributed by atoms with Crippen molar-refractivity contribution < 1.29 is 19.4 Å². The molecule has 5 aliphatic rings. The second kappa shape index (κ2) is 6.09. The molecule has 3 aliphatic carbocycles. The van der Waals surface area contributed by atoms with Gasteiger partial charge in [-0.05, 0) is 85.9 Å². The van der Waals surface area contributed by atoms with Gasteiger partial charge < -0.3 is 14.6 Å². The van der Waals surface area contributed by atoms with E-state index in [2.05, 4.69) is 34.6 Å². The molecule has 0 radical (unpaired) electrons. The fraction of sp³-hybridized carbons (Fsp3) is 0.880. The molecule has 1 saturated heterocycles. The number of hydrogen-bond donors (Lipinski definition) is 1. The summed E-state index contributed by atoms with van der Waals surface area (Å²) in [6.45, 7) is 12.4. The number of hydrogen-bond acceptors (Lipinski definition) is 4. The van der Waals surface area contributed by atoms with Gasteiger partial charge in [0.15, 0.2) is 0 Å². The number of ether oxygens (including phenoxy) is 2. The Balaban J connectivity index is 1.48. The number of fused-ring (bicyclic) bond motifs is 5. The predicted molar refractivity (Wildman–Crippen MR) is 111 cm³/mol. The van der Waals surface area contributed by atoms with Crippen molar-refractivity contribution in [1.82, 2.24) is 0 Å². The van der Waals surface area contributed by atoms with Crippen molar-refractivity contribution in [2.75, 3.05) is 0 Å². The highest BCUT2D eigenvalue weighted by Crippen LogP contribution is 2.71. The minimum Gasteiger partial charge on any atom is -0.429 e. The Kier molecular flexibility index (Phi) is 4.22. The van der Waals surface area contributed by atoms with E-state index in [9.17, 15) is 9.90 Å². The van der Waals surface area contributed by atoms with Gasteiger partial charge in [-0.15, -0.1) is 0 Å². The molecular weight excluding hydrogens is 364 g/mol. The van der Waals surface area contributed by atoms with E-state index in [4.69, 9.17) is 9.47 Å². The van der Waals surface area contributed by atoms with E-state index in [0.29, 0.717) is 22.3 Å². The number of carbonyl (C=O) groups excluding carboxylic acids is 1. The number of cyclic esters (lactones) is 1. The first-order valence-corrected chi connectivity index (χ1v) is 11.8. The van der Waals surface area contributed by atoms with E-state index in [1.54, 1.807) is 0 Å². The van der Waals surface area contributed by atoms with Crippen LogP contribution in [0.4, 0.5) is 0 Å². The van der Waals surface area contributed by atoms with Gasteiger partial charge in [-0.2, -0.15) is 0 Å². The van der Waals surface area contributed by atoms with E-state index >= 15 is 0 Å².